The van der Waals surface area contributed by atoms with E-state index >= 15 is 0 Å². The lowest BCUT2D eigenvalue weighted by Gasteiger charge is -2.15. The first-order valence-electron chi connectivity index (χ1n) is 8.82. The molecule has 4 aromatic rings. The molecule has 142 valence electrons. The molecule has 0 aromatic carbocycles. The Morgan fingerprint density at radius 2 is 0.964 bits per heavy atom. The molecule has 0 atom stereocenters. The molecule has 0 bridgehead atoms. The number of hydrogen-bond donors (Lipinski definition) is 0. The highest BCUT2D eigenvalue weighted by Gasteiger charge is 2.23. The van der Waals surface area contributed by atoms with Gasteiger partial charge < -0.3 is 18.9 Å². The molecule has 2 aliphatic rings. The summed E-state index contributed by atoms with van der Waals surface area (Å²) in [5.41, 5.74) is 0. The molecule has 6 rings (SSSR count). The standard InChI is InChI=1S/C20H14O4S4/c1-3-15(19-17-11(9-25-19)21-5-7-23-17)27-13(1)14-2-4-16(28-14)20-18-12(10-26-20)22-6-8-24-18/h1-4,9-10H,5-8H2. The van der Waals surface area contributed by atoms with Gasteiger partial charge in [0.05, 0.1) is 9.75 Å². The highest BCUT2D eigenvalue weighted by atomic mass is 32.1. The van der Waals surface area contributed by atoms with Crippen molar-refractivity contribution in [3.8, 4) is 52.3 Å². The van der Waals surface area contributed by atoms with E-state index in [0.29, 0.717) is 26.4 Å². The predicted molar refractivity (Wildman–Crippen MR) is 116 cm³/mol. The lowest BCUT2D eigenvalue weighted by Crippen LogP contribution is -2.14. The molecule has 0 N–H and O–H groups in total. The van der Waals surface area contributed by atoms with Gasteiger partial charge in [0.2, 0.25) is 0 Å². The summed E-state index contributed by atoms with van der Waals surface area (Å²) in [5, 5.41) is 4.07. The molecule has 0 fully saturated rings. The number of thiophene rings is 4. The Hall–Kier alpha value is -2.00. The van der Waals surface area contributed by atoms with E-state index in [2.05, 4.69) is 24.3 Å². The lowest BCUT2D eigenvalue weighted by atomic mass is 10.3. The zero-order chi connectivity index (χ0) is 18.5. The van der Waals surface area contributed by atoms with Gasteiger partial charge in [0.1, 0.15) is 26.4 Å². The Kier molecular flexibility index (Phi) is 4.11. The molecule has 28 heavy (non-hydrogen) atoms. The van der Waals surface area contributed by atoms with E-state index < -0.39 is 0 Å². The van der Waals surface area contributed by atoms with Crippen molar-refractivity contribution in [3.63, 3.8) is 0 Å². The zero-order valence-electron chi connectivity index (χ0n) is 14.6. The van der Waals surface area contributed by atoms with Gasteiger partial charge in [-0.15, -0.1) is 45.3 Å². The Labute approximate surface area is 177 Å². The Bertz CT molecular complexity index is 1060. The van der Waals surface area contributed by atoms with E-state index in [4.69, 9.17) is 18.9 Å². The summed E-state index contributed by atoms with van der Waals surface area (Å²) in [6.45, 7) is 2.47. The summed E-state index contributed by atoms with van der Waals surface area (Å²) in [4.78, 5) is 7.25. The maximum Gasteiger partial charge on any atom is 0.180 e. The zero-order valence-corrected chi connectivity index (χ0v) is 17.8. The van der Waals surface area contributed by atoms with E-state index in [1.165, 1.54) is 19.5 Å². The van der Waals surface area contributed by atoms with Crippen molar-refractivity contribution in [3.05, 3.63) is 35.0 Å². The molecule has 4 nitrogen and oxygen atoms in total. The fraction of sp³-hybridized carbons (Fsp3) is 0.200. The normalized spacial score (nSPS) is 15.0. The summed E-state index contributed by atoms with van der Waals surface area (Å²) in [6, 6.07) is 8.73. The van der Waals surface area contributed by atoms with E-state index in [1.54, 1.807) is 45.3 Å². The first-order chi connectivity index (χ1) is 13.9. The monoisotopic (exact) mass is 446 g/mol. The SMILES string of the molecule is c1cc(-c2scc3c2OCCO3)sc1-c1ccc(-c2scc3c2OCCO3)s1. The first-order valence-corrected chi connectivity index (χ1v) is 12.2. The quantitative estimate of drug-likeness (QED) is 0.361. The van der Waals surface area contributed by atoms with Crippen LogP contribution in [0.2, 0.25) is 0 Å². The van der Waals surface area contributed by atoms with E-state index in [9.17, 15) is 0 Å². The van der Waals surface area contributed by atoms with E-state index in [0.717, 1.165) is 32.8 Å². The van der Waals surface area contributed by atoms with Crippen LogP contribution in [0.25, 0.3) is 29.3 Å². The average Bonchev–Trinajstić information content (AvgIpc) is 3.51. The van der Waals surface area contributed by atoms with Crippen LogP contribution in [0.1, 0.15) is 0 Å². The highest BCUT2D eigenvalue weighted by Crippen LogP contribution is 2.51. The second kappa shape index (κ2) is 6.81. The van der Waals surface area contributed by atoms with E-state index in [-0.39, 0.29) is 0 Å². The second-order valence-corrected chi connectivity index (χ2v) is 10.2. The third-order valence-corrected chi connectivity index (χ3v) is 9.11. The molecule has 8 heteroatoms. The van der Waals surface area contributed by atoms with Crippen molar-refractivity contribution in [2.75, 3.05) is 26.4 Å². The second-order valence-electron chi connectivity index (χ2n) is 6.24. The Morgan fingerprint density at radius 3 is 1.46 bits per heavy atom. The predicted octanol–water partition coefficient (Wildman–Crippen LogP) is 6.48. The number of ether oxygens (including phenoxy) is 4. The summed E-state index contributed by atoms with van der Waals surface area (Å²) in [5.74, 6) is 3.51. The van der Waals surface area contributed by atoms with Crippen molar-refractivity contribution in [1.29, 1.82) is 0 Å². The third-order valence-electron chi connectivity index (χ3n) is 4.50. The summed E-state index contributed by atoms with van der Waals surface area (Å²) in [7, 11) is 0. The minimum absolute atomic E-state index is 0.611. The van der Waals surface area contributed by atoms with E-state index in [1.807, 2.05) is 10.8 Å². The molecule has 0 saturated heterocycles. The largest absolute Gasteiger partial charge is 0.485 e. The van der Waals surface area contributed by atoms with Gasteiger partial charge in [0.25, 0.3) is 0 Å². The Balaban J connectivity index is 1.32. The van der Waals surface area contributed by atoms with Crippen molar-refractivity contribution < 1.29 is 18.9 Å². The summed E-state index contributed by atoms with van der Waals surface area (Å²) >= 11 is 6.94. The smallest absolute Gasteiger partial charge is 0.180 e. The van der Waals surface area contributed by atoms with Gasteiger partial charge >= 0.3 is 0 Å². The van der Waals surface area contributed by atoms with Gasteiger partial charge in [0.15, 0.2) is 23.0 Å². The van der Waals surface area contributed by atoms with Gasteiger partial charge in [-0.1, -0.05) is 0 Å². The first kappa shape index (κ1) is 16.9. The van der Waals surface area contributed by atoms with Crippen LogP contribution < -0.4 is 18.9 Å². The van der Waals surface area contributed by atoms with Crippen molar-refractivity contribution in [1.82, 2.24) is 0 Å². The van der Waals surface area contributed by atoms with Crippen LogP contribution in [0.15, 0.2) is 35.0 Å². The molecule has 0 radical (unpaired) electrons. The summed E-state index contributed by atoms with van der Waals surface area (Å²) in [6.07, 6.45) is 0. The van der Waals surface area contributed by atoms with Crippen LogP contribution in [-0.2, 0) is 0 Å². The molecule has 2 aliphatic heterocycles. The lowest BCUT2D eigenvalue weighted by molar-refractivity contribution is 0.174. The molecule has 4 aromatic heterocycles. The van der Waals surface area contributed by atoms with Gasteiger partial charge in [-0.3, -0.25) is 0 Å². The van der Waals surface area contributed by atoms with Crippen molar-refractivity contribution in [2.45, 2.75) is 0 Å². The van der Waals surface area contributed by atoms with Gasteiger partial charge in [0, 0.05) is 30.3 Å². The molecular formula is C20H14O4S4. The van der Waals surface area contributed by atoms with Crippen LogP contribution in [0.4, 0.5) is 0 Å². The van der Waals surface area contributed by atoms with Crippen LogP contribution in [0.3, 0.4) is 0 Å². The topological polar surface area (TPSA) is 36.9 Å². The van der Waals surface area contributed by atoms with Crippen LogP contribution >= 0.6 is 45.3 Å². The van der Waals surface area contributed by atoms with Gasteiger partial charge in [-0.2, -0.15) is 0 Å². The Morgan fingerprint density at radius 1 is 0.536 bits per heavy atom. The average molecular weight is 447 g/mol. The van der Waals surface area contributed by atoms with Gasteiger partial charge in [-0.25, -0.2) is 0 Å². The fourth-order valence-electron chi connectivity index (χ4n) is 3.25. The van der Waals surface area contributed by atoms with Crippen molar-refractivity contribution in [2.24, 2.45) is 0 Å². The molecular weight excluding hydrogens is 432 g/mol. The highest BCUT2D eigenvalue weighted by molar-refractivity contribution is 7.28. The molecule has 0 unspecified atom stereocenters. The molecule has 0 amide bonds. The van der Waals surface area contributed by atoms with Crippen LogP contribution in [0.5, 0.6) is 23.0 Å². The minimum Gasteiger partial charge on any atom is -0.485 e. The number of hydrogen-bond acceptors (Lipinski definition) is 8. The van der Waals surface area contributed by atoms with Crippen molar-refractivity contribution >= 4 is 45.3 Å². The van der Waals surface area contributed by atoms with Crippen LogP contribution in [0, 0.1) is 0 Å². The van der Waals surface area contributed by atoms with Gasteiger partial charge in [-0.05, 0) is 24.3 Å². The summed E-state index contributed by atoms with van der Waals surface area (Å²) < 4.78 is 23.0. The third kappa shape index (κ3) is 2.75. The van der Waals surface area contributed by atoms with Crippen LogP contribution in [-0.4, -0.2) is 26.4 Å². The maximum atomic E-state index is 5.84. The minimum atomic E-state index is 0.611. The number of fused-ring (bicyclic) bond motifs is 2. The molecule has 6 heterocycles. The molecule has 0 saturated carbocycles. The number of rotatable bonds is 3. The fourth-order valence-corrected chi connectivity index (χ4v) is 7.47. The molecule has 0 spiro atoms. The molecule has 0 aliphatic carbocycles. The maximum absolute atomic E-state index is 5.84.